The first kappa shape index (κ1) is 19.7. The third-order valence-corrected chi connectivity index (χ3v) is 4.74. The molecular weight excluding hydrogens is 385 g/mol. The van der Waals surface area contributed by atoms with Gasteiger partial charge in [0.15, 0.2) is 5.76 Å². The molecule has 0 bridgehead atoms. The fraction of sp³-hybridized carbons (Fsp3) is 0.217. The molecule has 1 atom stereocenters. The Kier molecular flexibility index (Phi) is 5.52. The molecule has 154 valence electrons. The zero-order valence-electron chi connectivity index (χ0n) is 16.7. The van der Waals surface area contributed by atoms with E-state index in [0.717, 1.165) is 11.0 Å². The van der Waals surface area contributed by atoms with Crippen LogP contribution in [-0.4, -0.2) is 15.9 Å². The summed E-state index contributed by atoms with van der Waals surface area (Å²) in [7, 11) is 0. The zero-order valence-corrected chi connectivity index (χ0v) is 16.7. The minimum absolute atomic E-state index is 0.116. The molecule has 2 heterocycles. The quantitative estimate of drug-likeness (QED) is 0.452. The smallest absolute Gasteiger partial charge is 0.287 e. The molecule has 2 N–H and O–H groups in total. The first-order valence-electron chi connectivity index (χ1n) is 9.72. The van der Waals surface area contributed by atoms with Crippen molar-refractivity contribution in [3.05, 3.63) is 83.8 Å². The van der Waals surface area contributed by atoms with Crippen LogP contribution in [0.4, 0.5) is 4.39 Å². The van der Waals surface area contributed by atoms with Crippen LogP contribution >= 0.6 is 0 Å². The molecule has 30 heavy (non-hydrogen) atoms. The molecule has 2 aromatic carbocycles. The van der Waals surface area contributed by atoms with E-state index in [9.17, 15) is 9.18 Å². The Morgan fingerprint density at radius 1 is 1.13 bits per heavy atom. The molecule has 7 heteroatoms. The maximum Gasteiger partial charge on any atom is 0.287 e. The number of fused-ring (bicyclic) bond motifs is 1. The average Bonchev–Trinajstić information content (AvgIpc) is 3.38. The van der Waals surface area contributed by atoms with Crippen LogP contribution in [0.15, 0.2) is 65.1 Å². The van der Waals surface area contributed by atoms with Gasteiger partial charge in [-0.2, -0.15) is 0 Å². The maximum atomic E-state index is 13.0. The van der Waals surface area contributed by atoms with Crippen LogP contribution in [0.3, 0.4) is 0 Å². The summed E-state index contributed by atoms with van der Waals surface area (Å²) >= 11 is 0. The van der Waals surface area contributed by atoms with Gasteiger partial charge in [0.1, 0.15) is 29.8 Å². The van der Waals surface area contributed by atoms with Crippen LogP contribution in [0.25, 0.3) is 11.0 Å². The van der Waals surface area contributed by atoms with Crippen molar-refractivity contribution in [1.29, 1.82) is 0 Å². The lowest BCUT2D eigenvalue weighted by molar-refractivity contribution is 0.0891. The van der Waals surface area contributed by atoms with Gasteiger partial charge >= 0.3 is 0 Å². The Morgan fingerprint density at radius 3 is 2.63 bits per heavy atom. The molecule has 0 aliphatic rings. The van der Waals surface area contributed by atoms with Crippen molar-refractivity contribution in [1.82, 2.24) is 15.3 Å². The van der Waals surface area contributed by atoms with Crippen molar-refractivity contribution < 1.29 is 18.3 Å². The number of para-hydroxylation sites is 2. The summed E-state index contributed by atoms with van der Waals surface area (Å²) in [4.78, 5) is 20.6. The van der Waals surface area contributed by atoms with Gasteiger partial charge in [0, 0.05) is 0 Å². The second kappa shape index (κ2) is 8.41. The van der Waals surface area contributed by atoms with E-state index >= 15 is 0 Å². The van der Waals surface area contributed by atoms with E-state index in [2.05, 4.69) is 15.3 Å². The van der Waals surface area contributed by atoms with Gasteiger partial charge in [-0.1, -0.05) is 26.0 Å². The van der Waals surface area contributed by atoms with Gasteiger partial charge < -0.3 is 19.5 Å². The van der Waals surface area contributed by atoms with Gasteiger partial charge in [0.2, 0.25) is 0 Å². The van der Waals surface area contributed by atoms with Crippen molar-refractivity contribution >= 4 is 16.9 Å². The number of imidazole rings is 1. The van der Waals surface area contributed by atoms with E-state index in [1.54, 1.807) is 12.1 Å². The topological polar surface area (TPSA) is 80.2 Å². The largest absolute Gasteiger partial charge is 0.486 e. The summed E-state index contributed by atoms with van der Waals surface area (Å²) in [6.45, 7) is 4.17. The second-order valence-electron chi connectivity index (χ2n) is 7.34. The summed E-state index contributed by atoms with van der Waals surface area (Å²) in [6, 6.07) is 16.4. The number of nitrogens with zero attached hydrogens (tertiary/aromatic N) is 1. The summed E-state index contributed by atoms with van der Waals surface area (Å²) in [6.07, 6.45) is 0. The average molecular weight is 407 g/mol. The van der Waals surface area contributed by atoms with Gasteiger partial charge in [-0.05, 0) is 54.4 Å². The zero-order chi connectivity index (χ0) is 21.1. The molecule has 0 aliphatic carbocycles. The molecule has 6 nitrogen and oxygen atoms in total. The van der Waals surface area contributed by atoms with Crippen LogP contribution in [0.2, 0.25) is 0 Å². The standard InChI is InChI=1S/C23H22FN3O3/c1-14(2)21(22-25-18-5-3-4-6-19(18)26-22)27-23(28)20-12-11-17(30-20)13-29-16-9-7-15(24)8-10-16/h3-12,14,21H,13H2,1-2H3,(H,25,26)(H,27,28)/t21-/m0/s1. The van der Waals surface area contributed by atoms with Crippen molar-refractivity contribution in [2.24, 2.45) is 5.92 Å². The molecule has 0 fully saturated rings. The fourth-order valence-electron chi connectivity index (χ4n) is 3.15. The van der Waals surface area contributed by atoms with E-state index in [1.165, 1.54) is 24.3 Å². The highest BCUT2D eigenvalue weighted by molar-refractivity contribution is 5.91. The van der Waals surface area contributed by atoms with E-state index in [1.807, 2.05) is 38.1 Å². The van der Waals surface area contributed by atoms with Crippen molar-refractivity contribution in [2.75, 3.05) is 0 Å². The van der Waals surface area contributed by atoms with E-state index < -0.39 is 0 Å². The first-order valence-corrected chi connectivity index (χ1v) is 9.72. The number of benzene rings is 2. The number of amides is 1. The van der Waals surface area contributed by atoms with E-state index in [0.29, 0.717) is 17.3 Å². The van der Waals surface area contributed by atoms with Gasteiger partial charge in [0.25, 0.3) is 5.91 Å². The molecule has 4 aromatic rings. The minimum atomic E-state index is -0.331. The Balaban J connectivity index is 1.43. The van der Waals surface area contributed by atoms with Gasteiger partial charge in [0.05, 0.1) is 17.1 Å². The predicted molar refractivity (Wildman–Crippen MR) is 111 cm³/mol. The summed E-state index contributed by atoms with van der Waals surface area (Å²) in [5.74, 6) is 1.36. The molecule has 1 amide bonds. The number of H-pyrrole nitrogens is 1. The number of hydrogen-bond acceptors (Lipinski definition) is 4. The molecule has 2 aromatic heterocycles. The van der Waals surface area contributed by atoms with Gasteiger partial charge in [-0.25, -0.2) is 9.37 Å². The highest BCUT2D eigenvalue weighted by Crippen LogP contribution is 2.23. The molecule has 0 saturated heterocycles. The first-order chi connectivity index (χ1) is 14.5. The lowest BCUT2D eigenvalue weighted by atomic mass is 10.0. The summed E-state index contributed by atoms with van der Waals surface area (Å²) in [5, 5.41) is 2.99. The maximum absolute atomic E-state index is 13.0. The molecule has 4 rings (SSSR count). The van der Waals surface area contributed by atoms with Crippen LogP contribution in [0, 0.1) is 11.7 Å². The molecule has 0 radical (unpaired) electrons. The number of halogens is 1. The van der Waals surface area contributed by atoms with Crippen LogP contribution in [0.1, 0.15) is 42.0 Å². The Hall–Kier alpha value is -3.61. The molecule has 0 aliphatic heterocycles. The Morgan fingerprint density at radius 2 is 1.90 bits per heavy atom. The highest BCUT2D eigenvalue weighted by Gasteiger charge is 2.24. The number of hydrogen-bond donors (Lipinski definition) is 2. The number of nitrogens with one attached hydrogen (secondary N) is 2. The number of aromatic nitrogens is 2. The van der Waals surface area contributed by atoms with E-state index in [-0.39, 0.29) is 36.1 Å². The SMILES string of the molecule is CC(C)[C@H](NC(=O)c1ccc(COc2ccc(F)cc2)o1)c1nc2ccccc2[nH]1. The normalized spacial score (nSPS) is 12.3. The monoisotopic (exact) mass is 407 g/mol. The number of carbonyl (C=O) groups excluding carboxylic acids is 1. The van der Waals surface area contributed by atoms with Gasteiger partial charge in [-0.15, -0.1) is 0 Å². The molecule has 0 unspecified atom stereocenters. The van der Waals surface area contributed by atoms with Crippen LogP contribution in [0.5, 0.6) is 5.75 Å². The number of rotatable bonds is 7. The molecule has 0 saturated carbocycles. The van der Waals surface area contributed by atoms with Crippen molar-refractivity contribution in [2.45, 2.75) is 26.5 Å². The number of carbonyl (C=O) groups is 1. The summed E-state index contributed by atoms with van der Waals surface area (Å²) < 4.78 is 24.1. The lowest BCUT2D eigenvalue weighted by Crippen LogP contribution is -2.32. The molecular formula is C23H22FN3O3. The second-order valence-corrected chi connectivity index (χ2v) is 7.34. The van der Waals surface area contributed by atoms with Gasteiger partial charge in [-0.3, -0.25) is 4.79 Å². The lowest BCUT2D eigenvalue weighted by Gasteiger charge is -2.19. The third-order valence-electron chi connectivity index (χ3n) is 4.74. The van der Waals surface area contributed by atoms with Crippen LogP contribution in [-0.2, 0) is 6.61 Å². The Bertz CT molecular complexity index is 1110. The molecule has 0 spiro atoms. The predicted octanol–water partition coefficient (Wildman–Crippen LogP) is 5.00. The number of aromatic amines is 1. The summed E-state index contributed by atoms with van der Waals surface area (Å²) in [5.41, 5.74) is 1.77. The number of ether oxygens (including phenoxy) is 1. The van der Waals surface area contributed by atoms with Crippen molar-refractivity contribution in [3.63, 3.8) is 0 Å². The van der Waals surface area contributed by atoms with Crippen LogP contribution < -0.4 is 10.1 Å². The minimum Gasteiger partial charge on any atom is -0.486 e. The third kappa shape index (κ3) is 4.35. The van der Waals surface area contributed by atoms with E-state index in [4.69, 9.17) is 9.15 Å². The Labute approximate surface area is 173 Å². The highest BCUT2D eigenvalue weighted by atomic mass is 19.1. The van der Waals surface area contributed by atoms with Crippen molar-refractivity contribution in [3.8, 4) is 5.75 Å². The number of furan rings is 1. The fourth-order valence-corrected chi connectivity index (χ4v) is 3.15.